The number of halogens is 4. The molecular formula is C15H11Cl2F2N4O2+. The van der Waals surface area contributed by atoms with Crippen LogP contribution >= 0.6 is 23.2 Å². The number of aliphatic hydroxyl groups excluding tert-OH is 1. The van der Waals surface area contributed by atoms with E-state index in [2.05, 4.69) is 19.8 Å². The molecule has 10 heteroatoms. The minimum absolute atomic E-state index is 0.162. The van der Waals surface area contributed by atoms with Gasteiger partial charge in [-0.3, -0.25) is 0 Å². The number of hydrazone groups is 1. The highest BCUT2D eigenvalue weighted by molar-refractivity contribution is 6.36. The molecule has 0 saturated heterocycles. The molecule has 0 aliphatic carbocycles. The SMILES string of the molecule is OCC1=N[N+](c2ncc(OC(F)(F)c3c(Cl)cccc3Cl)cn2)=CC1. The van der Waals surface area contributed by atoms with Crippen molar-refractivity contribution in [2.24, 2.45) is 5.10 Å². The maximum absolute atomic E-state index is 14.3. The lowest BCUT2D eigenvalue weighted by Gasteiger charge is -2.19. The van der Waals surface area contributed by atoms with Gasteiger partial charge in [-0.25, -0.2) is 0 Å². The van der Waals surface area contributed by atoms with Crippen molar-refractivity contribution in [3.63, 3.8) is 0 Å². The fourth-order valence-corrected chi connectivity index (χ4v) is 2.72. The molecule has 0 amide bonds. The third-order valence-corrected chi connectivity index (χ3v) is 3.88. The maximum Gasteiger partial charge on any atom is 0.456 e. The molecule has 3 rings (SSSR count). The zero-order valence-corrected chi connectivity index (χ0v) is 14.0. The molecular weight excluding hydrogens is 377 g/mol. The number of aliphatic hydroxyl groups is 1. The molecule has 0 unspecified atom stereocenters. The fraction of sp³-hybridized carbons (Fsp3) is 0.200. The first-order chi connectivity index (χ1) is 11.9. The monoisotopic (exact) mass is 387 g/mol. The Morgan fingerprint density at radius 2 is 1.84 bits per heavy atom. The number of benzene rings is 1. The van der Waals surface area contributed by atoms with Gasteiger partial charge in [0.25, 0.3) is 0 Å². The Kier molecular flexibility index (Phi) is 4.94. The van der Waals surface area contributed by atoms with Crippen LogP contribution in [0.4, 0.5) is 14.7 Å². The van der Waals surface area contributed by atoms with Gasteiger partial charge in [-0.15, -0.1) is 9.79 Å². The maximum atomic E-state index is 14.3. The number of rotatable bonds is 5. The Balaban J connectivity index is 1.81. The van der Waals surface area contributed by atoms with E-state index in [-0.39, 0.29) is 28.3 Å². The molecule has 2 heterocycles. The molecule has 0 radical (unpaired) electrons. The Morgan fingerprint density at radius 1 is 1.20 bits per heavy atom. The average Bonchev–Trinajstić information content (AvgIpc) is 3.04. The topological polar surface area (TPSA) is 70.6 Å². The summed E-state index contributed by atoms with van der Waals surface area (Å²) in [5.41, 5.74) is -0.0868. The lowest BCUT2D eigenvalue weighted by atomic mass is 10.2. The number of ether oxygens (including phenoxy) is 1. The molecule has 6 nitrogen and oxygen atoms in total. The van der Waals surface area contributed by atoms with E-state index in [1.807, 2.05) is 0 Å². The zero-order chi connectivity index (χ0) is 18.0. The van der Waals surface area contributed by atoms with Crippen molar-refractivity contribution in [2.75, 3.05) is 6.61 Å². The Bertz CT molecular complexity index is 837. The first-order valence-electron chi connectivity index (χ1n) is 7.04. The van der Waals surface area contributed by atoms with Gasteiger partial charge in [0.05, 0.1) is 28.6 Å². The highest BCUT2D eigenvalue weighted by atomic mass is 35.5. The first-order valence-corrected chi connectivity index (χ1v) is 7.79. The van der Waals surface area contributed by atoms with Gasteiger partial charge in [0.1, 0.15) is 5.56 Å². The predicted octanol–water partition coefficient (Wildman–Crippen LogP) is 3.38. The highest BCUT2D eigenvalue weighted by Gasteiger charge is 2.39. The highest BCUT2D eigenvalue weighted by Crippen LogP contribution is 2.39. The Hall–Kier alpha value is -2.16. The summed E-state index contributed by atoms with van der Waals surface area (Å²) in [7, 11) is 0. The van der Waals surface area contributed by atoms with Crippen LogP contribution in [0, 0.1) is 0 Å². The number of alkyl halides is 2. The van der Waals surface area contributed by atoms with E-state index >= 15 is 0 Å². The van der Waals surface area contributed by atoms with Crippen molar-refractivity contribution in [3.8, 4) is 5.75 Å². The molecule has 1 aliphatic rings. The lowest BCUT2D eigenvalue weighted by Crippen LogP contribution is -2.23. The quantitative estimate of drug-likeness (QED) is 0.798. The van der Waals surface area contributed by atoms with Gasteiger partial charge in [0.2, 0.25) is 0 Å². The Labute approximate surface area is 151 Å². The van der Waals surface area contributed by atoms with E-state index in [9.17, 15) is 8.78 Å². The zero-order valence-electron chi connectivity index (χ0n) is 12.5. The summed E-state index contributed by atoms with van der Waals surface area (Å²) < 4.78 is 34.7. The summed E-state index contributed by atoms with van der Waals surface area (Å²) in [6.07, 6.45) is 0.519. The summed E-state index contributed by atoms with van der Waals surface area (Å²) in [6, 6.07) is 4.04. The molecule has 1 aromatic carbocycles. The second kappa shape index (κ2) is 6.99. The van der Waals surface area contributed by atoms with E-state index in [0.717, 1.165) is 12.4 Å². The van der Waals surface area contributed by atoms with Gasteiger partial charge >= 0.3 is 12.1 Å². The molecule has 1 aromatic heterocycles. The molecule has 0 atom stereocenters. The third kappa shape index (κ3) is 3.76. The summed E-state index contributed by atoms with van der Waals surface area (Å²) in [4.78, 5) is 7.85. The number of hydrogen-bond donors (Lipinski definition) is 1. The van der Waals surface area contributed by atoms with E-state index in [4.69, 9.17) is 28.3 Å². The van der Waals surface area contributed by atoms with E-state index < -0.39 is 11.7 Å². The first kappa shape index (κ1) is 17.7. The molecule has 130 valence electrons. The molecule has 1 N–H and O–H groups in total. The summed E-state index contributed by atoms with van der Waals surface area (Å²) in [5.74, 6) is -0.106. The summed E-state index contributed by atoms with van der Waals surface area (Å²) >= 11 is 11.6. The fourth-order valence-electron chi connectivity index (χ4n) is 2.10. The van der Waals surface area contributed by atoms with Gasteiger partial charge < -0.3 is 9.84 Å². The van der Waals surface area contributed by atoms with Gasteiger partial charge in [0, 0.05) is 6.42 Å². The third-order valence-electron chi connectivity index (χ3n) is 3.25. The summed E-state index contributed by atoms with van der Waals surface area (Å²) in [5, 5.41) is 12.6. The van der Waals surface area contributed by atoms with Crippen molar-refractivity contribution < 1.29 is 23.3 Å². The molecule has 0 bridgehead atoms. The van der Waals surface area contributed by atoms with Gasteiger partial charge in [-0.05, 0) is 12.1 Å². The molecule has 25 heavy (non-hydrogen) atoms. The van der Waals surface area contributed by atoms with Crippen molar-refractivity contribution in [2.45, 2.75) is 12.5 Å². The molecule has 1 aliphatic heterocycles. The minimum Gasteiger partial charge on any atom is -0.422 e. The second-order valence-electron chi connectivity index (χ2n) is 4.99. The van der Waals surface area contributed by atoms with Gasteiger partial charge in [-0.2, -0.15) is 8.78 Å². The van der Waals surface area contributed by atoms with Crippen LogP contribution < -0.4 is 4.74 Å². The average molecular weight is 388 g/mol. The van der Waals surface area contributed by atoms with Crippen molar-refractivity contribution in [3.05, 3.63) is 46.2 Å². The second-order valence-corrected chi connectivity index (χ2v) is 5.80. The van der Waals surface area contributed by atoms with Crippen LogP contribution in [-0.4, -0.2) is 38.3 Å². The predicted molar refractivity (Wildman–Crippen MR) is 88.1 cm³/mol. The van der Waals surface area contributed by atoms with Crippen LogP contribution in [0.2, 0.25) is 10.0 Å². The standard InChI is InChI=1S/C15H11Cl2F2N4O2/c16-11-2-1-3-12(17)13(11)15(18,19)25-10-6-20-14(21-7-10)23-5-4-9(8-24)22-23/h1-3,5-7,24H,4,8H2/q+1. The van der Waals surface area contributed by atoms with E-state index in [0.29, 0.717) is 12.1 Å². The number of nitrogens with zero attached hydrogens (tertiary/aromatic N) is 4. The lowest BCUT2D eigenvalue weighted by molar-refractivity contribution is -0.446. The van der Waals surface area contributed by atoms with Gasteiger partial charge in [-0.1, -0.05) is 39.2 Å². The van der Waals surface area contributed by atoms with Crippen LogP contribution in [0.25, 0.3) is 0 Å². The van der Waals surface area contributed by atoms with Crippen molar-refractivity contribution >= 4 is 41.1 Å². The molecule has 2 aromatic rings. The molecule has 0 fully saturated rings. The van der Waals surface area contributed by atoms with Crippen molar-refractivity contribution in [1.82, 2.24) is 9.97 Å². The molecule has 0 saturated carbocycles. The van der Waals surface area contributed by atoms with Gasteiger partial charge in [0.15, 0.2) is 18.1 Å². The van der Waals surface area contributed by atoms with E-state index in [1.165, 1.54) is 22.9 Å². The van der Waals surface area contributed by atoms with Crippen LogP contribution in [-0.2, 0) is 6.11 Å². The largest absolute Gasteiger partial charge is 0.456 e. The molecule has 0 spiro atoms. The van der Waals surface area contributed by atoms with Crippen LogP contribution in [0.1, 0.15) is 12.0 Å². The smallest absolute Gasteiger partial charge is 0.422 e. The number of aromatic nitrogens is 2. The minimum atomic E-state index is -3.76. The number of hydrogen-bond acceptors (Lipinski definition) is 5. The normalized spacial score (nSPS) is 14.3. The Morgan fingerprint density at radius 3 is 2.40 bits per heavy atom. The van der Waals surface area contributed by atoms with E-state index in [1.54, 1.807) is 6.21 Å². The van der Waals surface area contributed by atoms with Crippen molar-refractivity contribution in [1.29, 1.82) is 0 Å². The van der Waals surface area contributed by atoms with Crippen LogP contribution in [0.15, 0.2) is 35.7 Å². The van der Waals surface area contributed by atoms with Crippen LogP contribution in [0.3, 0.4) is 0 Å². The summed E-state index contributed by atoms with van der Waals surface area (Å²) in [6.45, 7) is -0.182. The van der Waals surface area contributed by atoms with Crippen LogP contribution in [0.5, 0.6) is 5.75 Å².